The zero-order valence-electron chi connectivity index (χ0n) is 14.0. The summed E-state index contributed by atoms with van der Waals surface area (Å²) in [5.41, 5.74) is -0.600. The van der Waals surface area contributed by atoms with E-state index in [1.165, 1.54) is 12.8 Å². The maximum Gasteiger partial charge on any atom is 0.230 e. The van der Waals surface area contributed by atoms with Crippen molar-refractivity contribution in [3.05, 3.63) is 36.3 Å². The molecule has 1 N–H and O–H groups in total. The van der Waals surface area contributed by atoms with Crippen LogP contribution in [-0.4, -0.2) is 41.0 Å². The third-order valence-electron chi connectivity index (χ3n) is 6.21. The number of nitrogens with one attached hydrogen (secondary N) is 1. The van der Waals surface area contributed by atoms with E-state index in [9.17, 15) is 9.59 Å². The molecule has 1 aromatic heterocycles. The fourth-order valence-corrected chi connectivity index (χ4v) is 5.06. The number of furan rings is 1. The Kier molecular flexibility index (Phi) is 3.32. The van der Waals surface area contributed by atoms with Gasteiger partial charge in [0.05, 0.1) is 37.3 Å². The van der Waals surface area contributed by atoms with E-state index >= 15 is 0 Å². The van der Waals surface area contributed by atoms with Crippen LogP contribution in [0.4, 0.5) is 0 Å². The molecular formula is C19H22N2O4. The molecule has 1 aliphatic carbocycles. The summed E-state index contributed by atoms with van der Waals surface area (Å²) in [7, 11) is 0. The van der Waals surface area contributed by atoms with E-state index in [1.54, 1.807) is 12.3 Å². The van der Waals surface area contributed by atoms with Crippen LogP contribution in [-0.2, 0) is 20.9 Å². The molecule has 2 amide bonds. The van der Waals surface area contributed by atoms with E-state index in [0.29, 0.717) is 24.9 Å². The Morgan fingerprint density at radius 2 is 2.20 bits per heavy atom. The molecule has 1 spiro atoms. The molecule has 5 rings (SSSR count). The van der Waals surface area contributed by atoms with Crippen LogP contribution in [0, 0.1) is 11.8 Å². The third-order valence-corrected chi connectivity index (χ3v) is 6.21. The number of ether oxygens (including phenoxy) is 1. The summed E-state index contributed by atoms with van der Waals surface area (Å²) in [6.45, 7) is 0.926. The van der Waals surface area contributed by atoms with E-state index in [4.69, 9.17) is 9.15 Å². The first kappa shape index (κ1) is 15.2. The minimum absolute atomic E-state index is 0.0944. The second kappa shape index (κ2) is 5.46. The highest BCUT2D eigenvalue weighted by Crippen LogP contribution is 2.52. The second-order valence-corrected chi connectivity index (χ2v) is 7.60. The summed E-state index contributed by atoms with van der Waals surface area (Å²) in [6.07, 6.45) is 9.76. The Labute approximate surface area is 146 Å². The molecule has 3 aliphatic heterocycles. The average Bonchev–Trinajstić information content (AvgIpc) is 3.39. The maximum atomic E-state index is 13.1. The SMILES string of the molecule is O=C(NCc1ccco1)C1C2C=C[C@]3(CN(C4CCCC4)C(=O)C13)O2. The molecule has 0 radical (unpaired) electrons. The number of amides is 2. The number of carbonyl (C=O) groups is 2. The van der Waals surface area contributed by atoms with E-state index in [2.05, 4.69) is 5.32 Å². The lowest BCUT2D eigenvalue weighted by Gasteiger charge is -2.26. The normalized spacial score (nSPS) is 36.4. The highest BCUT2D eigenvalue weighted by atomic mass is 16.5. The fourth-order valence-electron chi connectivity index (χ4n) is 5.06. The number of hydrogen-bond donors (Lipinski definition) is 1. The molecule has 4 atom stereocenters. The van der Waals surface area contributed by atoms with E-state index < -0.39 is 11.5 Å². The first-order valence-electron chi connectivity index (χ1n) is 9.16. The highest BCUT2D eigenvalue weighted by molar-refractivity contribution is 5.93. The van der Waals surface area contributed by atoms with Gasteiger partial charge in [0.25, 0.3) is 0 Å². The summed E-state index contributed by atoms with van der Waals surface area (Å²) in [5, 5.41) is 2.91. The minimum atomic E-state index is -0.600. The van der Waals surface area contributed by atoms with Crippen molar-refractivity contribution < 1.29 is 18.7 Å². The fraction of sp³-hybridized carbons (Fsp3) is 0.579. The Morgan fingerprint density at radius 3 is 2.96 bits per heavy atom. The Morgan fingerprint density at radius 1 is 1.36 bits per heavy atom. The van der Waals surface area contributed by atoms with Gasteiger partial charge in [0, 0.05) is 6.04 Å². The van der Waals surface area contributed by atoms with Crippen molar-refractivity contribution in [3.8, 4) is 0 Å². The Bertz CT molecular complexity index is 722. The zero-order chi connectivity index (χ0) is 17.0. The number of carbonyl (C=O) groups excluding carboxylic acids is 2. The lowest BCUT2D eigenvalue weighted by molar-refractivity contribution is -0.138. The molecule has 6 heteroatoms. The average molecular weight is 342 g/mol. The van der Waals surface area contributed by atoms with Gasteiger partial charge in [0.2, 0.25) is 11.8 Å². The van der Waals surface area contributed by atoms with Crippen LogP contribution in [0.15, 0.2) is 35.0 Å². The molecule has 2 saturated heterocycles. The number of fused-ring (bicyclic) bond motifs is 1. The molecule has 1 saturated carbocycles. The number of nitrogens with zero attached hydrogens (tertiary/aromatic N) is 1. The van der Waals surface area contributed by atoms with Gasteiger partial charge in [-0.1, -0.05) is 25.0 Å². The van der Waals surface area contributed by atoms with E-state index in [-0.39, 0.29) is 23.8 Å². The lowest BCUT2D eigenvalue weighted by Crippen LogP contribution is -2.44. The van der Waals surface area contributed by atoms with Gasteiger partial charge in [-0.2, -0.15) is 0 Å². The Balaban J connectivity index is 1.36. The lowest BCUT2D eigenvalue weighted by atomic mass is 9.77. The number of hydrogen-bond acceptors (Lipinski definition) is 4. The van der Waals surface area contributed by atoms with Crippen molar-refractivity contribution >= 4 is 11.8 Å². The van der Waals surface area contributed by atoms with Gasteiger partial charge in [-0.25, -0.2) is 0 Å². The first-order valence-corrected chi connectivity index (χ1v) is 9.16. The zero-order valence-corrected chi connectivity index (χ0v) is 14.0. The summed E-state index contributed by atoms with van der Waals surface area (Å²) >= 11 is 0. The van der Waals surface area contributed by atoms with Gasteiger partial charge in [-0.3, -0.25) is 9.59 Å². The van der Waals surface area contributed by atoms with Crippen LogP contribution in [0.25, 0.3) is 0 Å². The minimum Gasteiger partial charge on any atom is -0.467 e. The first-order chi connectivity index (χ1) is 12.2. The summed E-state index contributed by atoms with van der Waals surface area (Å²) in [5.74, 6) is -0.164. The molecule has 1 aromatic rings. The highest BCUT2D eigenvalue weighted by Gasteiger charge is 2.67. The summed E-state index contributed by atoms with van der Waals surface area (Å²) < 4.78 is 11.4. The van der Waals surface area contributed by atoms with Crippen molar-refractivity contribution in [2.45, 2.75) is 50.0 Å². The molecule has 4 heterocycles. The number of rotatable bonds is 4. The third kappa shape index (κ3) is 2.20. The van der Waals surface area contributed by atoms with Crippen LogP contribution < -0.4 is 5.32 Å². The summed E-state index contributed by atoms with van der Waals surface area (Å²) in [6, 6.07) is 3.93. The molecule has 3 unspecified atom stereocenters. The van der Waals surface area contributed by atoms with Crippen molar-refractivity contribution in [2.24, 2.45) is 11.8 Å². The topological polar surface area (TPSA) is 71.8 Å². The van der Waals surface area contributed by atoms with Crippen LogP contribution in [0.2, 0.25) is 0 Å². The van der Waals surface area contributed by atoms with Crippen LogP contribution in [0.5, 0.6) is 0 Å². The van der Waals surface area contributed by atoms with Crippen molar-refractivity contribution in [2.75, 3.05) is 6.54 Å². The van der Waals surface area contributed by atoms with Crippen LogP contribution in [0.3, 0.4) is 0 Å². The smallest absolute Gasteiger partial charge is 0.230 e. The largest absolute Gasteiger partial charge is 0.467 e. The number of likely N-dealkylation sites (tertiary alicyclic amines) is 1. The quantitative estimate of drug-likeness (QED) is 0.844. The van der Waals surface area contributed by atoms with Crippen molar-refractivity contribution in [1.29, 1.82) is 0 Å². The van der Waals surface area contributed by atoms with Gasteiger partial charge in [-0.05, 0) is 25.0 Å². The molecule has 4 aliphatic rings. The van der Waals surface area contributed by atoms with Crippen LogP contribution >= 0.6 is 0 Å². The van der Waals surface area contributed by atoms with E-state index in [1.807, 2.05) is 23.1 Å². The molecule has 2 bridgehead atoms. The van der Waals surface area contributed by atoms with Crippen molar-refractivity contribution in [1.82, 2.24) is 10.2 Å². The predicted molar refractivity (Wildman–Crippen MR) is 88.2 cm³/mol. The monoisotopic (exact) mass is 342 g/mol. The Hall–Kier alpha value is -2.08. The molecule has 132 valence electrons. The van der Waals surface area contributed by atoms with Crippen molar-refractivity contribution in [3.63, 3.8) is 0 Å². The van der Waals surface area contributed by atoms with Gasteiger partial charge < -0.3 is 19.4 Å². The summed E-state index contributed by atoms with van der Waals surface area (Å²) in [4.78, 5) is 27.9. The van der Waals surface area contributed by atoms with Gasteiger partial charge in [0.1, 0.15) is 11.4 Å². The van der Waals surface area contributed by atoms with E-state index in [0.717, 1.165) is 12.8 Å². The molecule has 3 fully saturated rings. The molecule has 0 aromatic carbocycles. The molecular weight excluding hydrogens is 320 g/mol. The second-order valence-electron chi connectivity index (χ2n) is 7.60. The van der Waals surface area contributed by atoms with Crippen LogP contribution in [0.1, 0.15) is 31.4 Å². The van der Waals surface area contributed by atoms with Gasteiger partial charge >= 0.3 is 0 Å². The molecule has 25 heavy (non-hydrogen) atoms. The maximum absolute atomic E-state index is 13.1. The standard InChI is InChI=1S/C19H22N2O4/c22-17(20-10-13-6-3-9-24-13)15-14-7-8-19(25-14)11-21(18(23)16(15)19)12-4-1-2-5-12/h3,6-9,12,14-16H,1-2,4-5,10-11H2,(H,20,22)/t14?,15?,16?,19-/m1/s1. The van der Waals surface area contributed by atoms with Gasteiger partial charge in [0.15, 0.2) is 0 Å². The molecule has 6 nitrogen and oxygen atoms in total. The van der Waals surface area contributed by atoms with Gasteiger partial charge in [-0.15, -0.1) is 0 Å². The predicted octanol–water partition coefficient (Wildman–Crippen LogP) is 1.62.